The van der Waals surface area contributed by atoms with E-state index in [0.717, 1.165) is 45.3 Å². The number of carbonyl (C=O) groups is 1. The number of carbonyl (C=O) groups excluding carboxylic acids is 1. The van der Waals surface area contributed by atoms with Crippen LogP contribution in [-0.4, -0.2) is 50.7 Å². The van der Waals surface area contributed by atoms with E-state index in [9.17, 15) is 4.79 Å². The molecule has 5 nitrogen and oxygen atoms in total. The Hall–Kier alpha value is -1.36. The van der Waals surface area contributed by atoms with Crippen LogP contribution in [-0.2, 0) is 18.4 Å². The van der Waals surface area contributed by atoms with E-state index in [0.29, 0.717) is 17.4 Å². The van der Waals surface area contributed by atoms with Gasteiger partial charge >= 0.3 is 0 Å². The first kappa shape index (κ1) is 15.2. The summed E-state index contributed by atoms with van der Waals surface area (Å²) in [5, 5.41) is 4.55. The van der Waals surface area contributed by atoms with Crippen molar-refractivity contribution in [1.29, 1.82) is 0 Å². The normalized spacial score (nSPS) is 25.0. The van der Waals surface area contributed by atoms with Crippen molar-refractivity contribution in [2.45, 2.75) is 57.0 Å². The lowest BCUT2D eigenvalue weighted by molar-refractivity contribution is -0.140. The highest BCUT2D eigenvalue weighted by molar-refractivity contribution is 5.79. The number of amides is 1. The molecule has 2 saturated heterocycles. The molecule has 23 heavy (non-hydrogen) atoms. The van der Waals surface area contributed by atoms with Crippen LogP contribution in [0.25, 0.3) is 0 Å². The van der Waals surface area contributed by atoms with Gasteiger partial charge in [0.1, 0.15) is 0 Å². The van der Waals surface area contributed by atoms with E-state index in [1.807, 2.05) is 17.9 Å². The summed E-state index contributed by atoms with van der Waals surface area (Å²) in [4.78, 5) is 17.2. The summed E-state index contributed by atoms with van der Waals surface area (Å²) in [7, 11) is 1.98. The summed E-state index contributed by atoms with van der Waals surface area (Å²) in [5.41, 5.74) is 1.48. The van der Waals surface area contributed by atoms with Crippen molar-refractivity contribution in [3.05, 3.63) is 18.0 Å². The van der Waals surface area contributed by atoms with Gasteiger partial charge < -0.3 is 4.90 Å². The fraction of sp³-hybridized carbons (Fsp3) is 0.778. The van der Waals surface area contributed by atoms with Crippen molar-refractivity contribution in [2.24, 2.45) is 13.0 Å². The fourth-order valence-corrected chi connectivity index (χ4v) is 4.61. The fourth-order valence-electron chi connectivity index (χ4n) is 4.61. The first-order chi connectivity index (χ1) is 11.2. The number of rotatable bonds is 3. The molecule has 0 aromatic carbocycles. The van der Waals surface area contributed by atoms with Crippen molar-refractivity contribution < 1.29 is 4.79 Å². The lowest BCUT2D eigenvalue weighted by atomic mass is 9.81. The molecule has 2 aliphatic heterocycles. The summed E-state index contributed by atoms with van der Waals surface area (Å²) < 4.78 is 1.89. The van der Waals surface area contributed by atoms with Crippen LogP contribution in [0, 0.1) is 5.92 Å². The van der Waals surface area contributed by atoms with E-state index in [1.165, 1.54) is 31.5 Å². The van der Waals surface area contributed by atoms with Gasteiger partial charge in [0.25, 0.3) is 0 Å². The Balaban J connectivity index is 1.39. The van der Waals surface area contributed by atoms with Gasteiger partial charge in [-0.3, -0.25) is 14.4 Å². The average molecular weight is 316 g/mol. The number of likely N-dealkylation sites (tertiary alicyclic amines) is 2. The van der Waals surface area contributed by atoms with Crippen molar-refractivity contribution in [2.75, 3.05) is 19.6 Å². The van der Waals surface area contributed by atoms with E-state index in [1.54, 1.807) is 0 Å². The maximum Gasteiger partial charge on any atom is 0.225 e. The maximum atomic E-state index is 12.5. The molecular weight excluding hydrogens is 288 g/mol. The molecule has 4 rings (SSSR count). The van der Waals surface area contributed by atoms with Gasteiger partial charge in [-0.15, -0.1) is 0 Å². The Bertz CT molecular complexity index is 569. The van der Waals surface area contributed by atoms with Crippen molar-refractivity contribution >= 4 is 5.91 Å². The summed E-state index contributed by atoms with van der Waals surface area (Å²) in [6, 6.07) is 2.13. The number of hydrogen-bond donors (Lipinski definition) is 0. The first-order valence-electron chi connectivity index (χ1n) is 9.19. The topological polar surface area (TPSA) is 41.4 Å². The lowest BCUT2D eigenvalue weighted by Crippen LogP contribution is -2.54. The van der Waals surface area contributed by atoms with Crippen LogP contribution in [0.2, 0.25) is 0 Å². The molecule has 0 N–H and O–H groups in total. The molecule has 0 radical (unpaired) electrons. The van der Waals surface area contributed by atoms with Gasteiger partial charge in [0.2, 0.25) is 5.91 Å². The molecule has 0 atom stereocenters. The van der Waals surface area contributed by atoms with E-state index >= 15 is 0 Å². The zero-order valence-corrected chi connectivity index (χ0v) is 14.2. The van der Waals surface area contributed by atoms with Crippen molar-refractivity contribution in [1.82, 2.24) is 19.6 Å². The van der Waals surface area contributed by atoms with Crippen LogP contribution in [0.1, 0.15) is 50.6 Å². The van der Waals surface area contributed by atoms with Crippen LogP contribution in [0.5, 0.6) is 0 Å². The molecular formula is C18H28N4O. The Kier molecular flexibility index (Phi) is 3.92. The van der Waals surface area contributed by atoms with Crippen LogP contribution in [0.4, 0.5) is 0 Å². The second-order valence-electron chi connectivity index (χ2n) is 7.68. The zero-order valence-electron chi connectivity index (χ0n) is 14.2. The SMILES string of the molecule is Cn1ccc(CN2CCCC23CCN(C(=O)C2CCC2)CC3)n1. The summed E-state index contributed by atoms with van der Waals surface area (Å²) in [5.74, 6) is 0.776. The largest absolute Gasteiger partial charge is 0.342 e. The maximum absolute atomic E-state index is 12.5. The molecule has 1 spiro atoms. The van der Waals surface area contributed by atoms with Crippen LogP contribution < -0.4 is 0 Å². The van der Waals surface area contributed by atoms with E-state index in [-0.39, 0.29) is 0 Å². The third-order valence-electron chi connectivity index (χ3n) is 6.32. The molecule has 1 aliphatic carbocycles. The highest BCUT2D eigenvalue weighted by Crippen LogP contribution is 2.40. The molecule has 0 unspecified atom stereocenters. The molecule has 126 valence electrons. The third kappa shape index (κ3) is 2.80. The average Bonchev–Trinajstić information content (AvgIpc) is 3.06. The first-order valence-corrected chi connectivity index (χ1v) is 9.19. The Morgan fingerprint density at radius 2 is 2.00 bits per heavy atom. The Morgan fingerprint density at radius 3 is 2.61 bits per heavy atom. The lowest BCUT2D eigenvalue weighted by Gasteiger charge is -2.46. The number of nitrogens with zero attached hydrogens (tertiary/aromatic N) is 4. The minimum absolute atomic E-state index is 0.313. The predicted molar refractivity (Wildman–Crippen MR) is 88.7 cm³/mol. The highest BCUT2D eigenvalue weighted by atomic mass is 16.2. The van der Waals surface area contributed by atoms with Crippen LogP contribution in [0.15, 0.2) is 12.3 Å². The molecule has 1 aromatic rings. The summed E-state index contributed by atoms with van der Waals surface area (Å²) in [6.07, 6.45) is 10.3. The molecule has 1 saturated carbocycles. The van der Waals surface area contributed by atoms with E-state index < -0.39 is 0 Å². The van der Waals surface area contributed by atoms with Gasteiger partial charge in [-0.2, -0.15) is 5.10 Å². The Labute approximate surface area is 138 Å². The molecule has 3 heterocycles. The van der Waals surface area contributed by atoms with E-state index in [4.69, 9.17) is 0 Å². The van der Waals surface area contributed by atoms with Crippen LogP contribution in [0.3, 0.4) is 0 Å². The van der Waals surface area contributed by atoms with Gasteiger partial charge in [0.05, 0.1) is 5.69 Å². The number of hydrogen-bond acceptors (Lipinski definition) is 3. The van der Waals surface area contributed by atoms with Gasteiger partial charge in [-0.25, -0.2) is 0 Å². The molecule has 1 amide bonds. The number of aromatic nitrogens is 2. The van der Waals surface area contributed by atoms with Crippen molar-refractivity contribution in [3.63, 3.8) is 0 Å². The van der Waals surface area contributed by atoms with Gasteiger partial charge in [-0.1, -0.05) is 6.42 Å². The monoisotopic (exact) mass is 316 g/mol. The van der Waals surface area contributed by atoms with Crippen molar-refractivity contribution in [3.8, 4) is 0 Å². The minimum atomic E-state index is 0.313. The molecule has 0 bridgehead atoms. The Morgan fingerprint density at radius 1 is 1.22 bits per heavy atom. The number of piperidine rings is 1. The predicted octanol–water partition coefficient (Wildman–Crippen LogP) is 2.18. The van der Waals surface area contributed by atoms with Gasteiger partial charge in [0.15, 0.2) is 0 Å². The second-order valence-corrected chi connectivity index (χ2v) is 7.68. The molecule has 1 aromatic heterocycles. The quantitative estimate of drug-likeness (QED) is 0.858. The zero-order chi connectivity index (χ0) is 15.9. The minimum Gasteiger partial charge on any atom is -0.342 e. The van der Waals surface area contributed by atoms with E-state index in [2.05, 4.69) is 21.0 Å². The molecule has 3 fully saturated rings. The van der Waals surface area contributed by atoms with Gasteiger partial charge in [0, 0.05) is 44.3 Å². The number of aryl methyl sites for hydroxylation is 1. The molecule has 5 heteroatoms. The third-order valence-corrected chi connectivity index (χ3v) is 6.32. The van der Waals surface area contributed by atoms with Gasteiger partial charge in [-0.05, 0) is 51.1 Å². The van der Waals surface area contributed by atoms with Crippen LogP contribution >= 0.6 is 0 Å². The standard InChI is InChI=1S/C18H28N4O/c1-20-11-6-16(19-20)14-22-10-3-7-18(22)8-12-21(13-9-18)17(23)15-4-2-5-15/h6,11,15H,2-5,7-10,12-14H2,1H3. The highest BCUT2D eigenvalue weighted by Gasteiger charge is 2.44. The molecule has 3 aliphatic rings. The smallest absolute Gasteiger partial charge is 0.225 e. The summed E-state index contributed by atoms with van der Waals surface area (Å²) >= 11 is 0. The second kappa shape index (κ2) is 5.93. The summed E-state index contributed by atoms with van der Waals surface area (Å²) in [6.45, 7) is 4.03.